The first-order valence-electron chi connectivity index (χ1n) is 3.15. The Morgan fingerprint density at radius 1 is 1.64 bits per heavy atom. The van der Waals surface area contributed by atoms with E-state index in [1.54, 1.807) is 0 Å². The van der Waals surface area contributed by atoms with Gasteiger partial charge < -0.3 is 0 Å². The van der Waals surface area contributed by atoms with Crippen molar-refractivity contribution in [2.45, 2.75) is 5.50 Å². The van der Waals surface area contributed by atoms with E-state index >= 15 is 0 Å². The molecule has 2 rings (SSSR count). The maximum atomic E-state index is 5.55. The van der Waals surface area contributed by atoms with Gasteiger partial charge in [-0.25, -0.2) is 4.99 Å². The van der Waals surface area contributed by atoms with Crippen LogP contribution in [0.25, 0.3) is 0 Å². The lowest BCUT2D eigenvalue weighted by atomic mass is 10.4. The van der Waals surface area contributed by atoms with E-state index in [4.69, 9.17) is 10.7 Å². The highest BCUT2D eigenvalue weighted by atomic mass is 35.7. The predicted molar refractivity (Wildman–Crippen MR) is 47.9 cm³/mol. The molecule has 0 saturated carbocycles. The maximum absolute atomic E-state index is 5.55. The molecule has 58 valence electrons. The minimum atomic E-state index is -0.0564. The number of halogens is 1. The number of nitrogens with zero attached hydrogens (tertiary/aromatic N) is 2. The third-order valence-corrected chi connectivity index (χ3v) is 2.31. The van der Waals surface area contributed by atoms with Crippen molar-refractivity contribution in [1.82, 2.24) is 10.4 Å². The molecule has 11 heavy (non-hydrogen) atoms. The molecule has 2 heterocycles. The predicted octanol–water partition coefficient (Wildman–Crippen LogP) is 1.46. The summed E-state index contributed by atoms with van der Waals surface area (Å²) in [5.41, 5.74) is 3.01. The van der Waals surface area contributed by atoms with Gasteiger partial charge in [0.25, 0.3) is 0 Å². The SMILES string of the molecule is ClSC1N=C2C=CC=CN2N1. The summed E-state index contributed by atoms with van der Waals surface area (Å²) < 4.78 is 0. The zero-order valence-electron chi connectivity index (χ0n) is 5.57. The van der Waals surface area contributed by atoms with Crippen LogP contribution in [0.1, 0.15) is 0 Å². The van der Waals surface area contributed by atoms with Crippen LogP contribution in [0, 0.1) is 0 Å². The van der Waals surface area contributed by atoms with Gasteiger partial charge in [0.15, 0.2) is 5.50 Å². The number of nitrogens with one attached hydrogen (secondary N) is 1. The Kier molecular flexibility index (Phi) is 1.89. The van der Waals surface area contributed by atoms with E-state index in [1.807, 2.05) is 29.4 Å². The van der Waals surface area contributed by atoms with Crippen molar-refractivity contribution < 1.29 is 0 Å². The van der Waals surface area contributed by atoms with Crippen LogP contribution in [-0.2, 0) is 0 Å². The quantitative estimate of drug-likeness (QED) is 0.674. The van der Waals surface area contributed by atoms with Gasteiger partial charge in [0.1, 0.15) is 5.84 Å². The summed E-state index contributed by atoms with van der Waals surface area (Å²) in [6, 6.07) is 0. The summed E-state index contributed by atoms with van der Waals surface area (Å²) >= 11 is 0. The zero-order valence-corrected chi connectivity index (χ0v) is 7.14. The molecule has 0 amide bonds. The number of hydrogen-bond donors (Lipinski definition) is 1. The monoisotopic (exact) mass is 187 g/mol. The Bertz CT molecular complexity index is 248. The molecule has 0 aromatic heterocycles. The topological polar surface area (TPSA) is 27.6 Å². The Morgan fingerprint density at radius 2 is 2.55 bits per heavy atom. The van der Waals surface area contributed by atoms with Gasteiger partial charge in [-0.1, -0.05) is 6.08 Å². The fourth-order valence-electron chi connectivity index (χ4n) is 0.956. The van der Waals surface area contributed by atoms with Crippen LogP contribution >= 0.6 is 21.7 Å². The third kappa shape index (κ3) is 1.29. The minimum absolute atomic E-state index is 0.0564. The molecule has 0 aliphatic carbocycles. The van der Waals surface area contributed by atoms with E-state index in [9.17, 15) is 0 Å². The molecule has 0 fully saturated rings. The highest BCUT2D eigenvalue weighted by molar-refractivity contribution is 8.21. The van der Waals surface area contributed by atoms with Crippen LogP contribution in [-0.4, -0.2) is 16.3 Å². The summed E-state index contributed by atoms with van der Waals surface area (Å²) in [4.78, 5) is 4.25. The van der Waals surface area contributed by atoms with Crippen LogP contribution < -0.4 is 5.43 Å². The standard InChI is InChI=1S/C6H6ClN3S/c7-11-6-8-5-3-1-2-4-10(5)9-6/h1-4,6,9H. The highest BCUT2D eigenvalue weighted by Crippen LogP contribution is 2.20. The lowest BCUT2D eigenvalue weighted by Gasteiger charge is -2.15. The number of amidine groups is 1. The summed E-state index contributed by atoms with van der Waals surface area (Å²) in [6.45, 7) is 0. The number of rotatable bonds is 1. The van der Waals surface area contributed by atoms with E-state index < -0.39 is 0 Å². The molecule has 3 nitrogen and oxygen atoms in total. The Labute approximate surface area is 73.3 Å². The van der Waals surface area contributed by atoms with Crippen molar-refractivity contribution in [1.29, 1.82) is 0 Å². The fourth-order valence-corrected chi connectivity index (χ4v) is 1.50. The van der Waals surface area contributed by atoms with Crippen LogP contribution in [0.3, 0.4) is 0 Å². The number of aliphatic imine (C=N–C) groups is 1. The molecule has 5 heteroatoms. The molecule has 0 saturated heterocycles. The fraction of sp³-hybridized carbons (Fsp3) is 0.167. The third-order valence-electron chi connectivity index (χ3n) is 1.42. The molecule has 0 spiro atoms. The van der Waals surface area contributed by atoms with Crippen molar-refractivity contribution in [2.24, 2.45) is 4.99 Å². The average Bonchev–Trinajstić information content (AvgIpc) is 2.46. The van der Waals surface area contributed by atoms with Gasteiger partial charge in [-0.3, -0.25) is 5.01 Å². The van der Waals surface area contributed by atoms with Gasteiger partial charge in [0.2, 0.25) is 0 Å². The average molecular weight is 188 g/mol. The highest BCUT2D eigenvalue weighted by Gasteiger charge is 2.21. The smallest absolute Gasteiger partial charge is 0.180 e. The molecule has 2 aliphatic rings. The Balaban J connectivity index is 2.19. The van der Waals surface area contributed by atoms with Crippen molar-refractivity contribution >= 4 is 27.5 Å². The van der Waals surface area contributed by atoms with E-state index in [-0.39, 0.29) is 5.50 Å². The van der Waals surface area contributed by atoms with Gasteiger partial charge in [0, 0.05) is 6.20 Å². The molecule has 1 atom stereocenters. The summed E-state index contributed by atoms with van der Waals surface area (Å²) in [5.74, 6) is 0.908. The van der Waals surface area contributed by atoms with E-state index in [0.29, 0.717) is 0 Å². The van der Waals surface area contributed by atoms with Crippen LogP contribution in [0.15, 0.2) is 29.4 Å². The van der Waals surface area contributed by atoms with Gasteiger partial charge in [-0.2, -0.15) is 5.43 Å². The second-order valence-corrected chi connectivity index (χ2v) is 3.29. The molecule has 2 aliphatic heterocycles. The normalized spacial score (nSPS) is 27.2. The largest absolute Gasteiger partial charge is 0.265 e. The molecule has 0 aromatic carbocycles. The van der Waals surface area contributed by atoms with Gasteiger partial charge >= 0.3 is 0 Å². The Morgan fingerprint density at radius 3 is 3.27 bits per heavy atom. The van der Waals surface area contributed by atoms with Gasteiger partial charge in [-0.15, -0.1) is 0 Å². The molecular weight excluding hydrogens is 182 g/mol. The summed E-state index contributed by atoms with van der Waals surface area (Å²) in [6.07, 6.45) is 7.72. The summed E-state index contributed by atoms with van der Waals surface area (Å²) in [7, 11) is 6.71. The second kappa shape index (κ2) is 2.89. The lowest BCUT2D eigenvalue weighted by Crippen LogP contribution is -2.34. The number of allylic oxidation sites excluding steroid dienone is 2. The molecule has 1 N–H and O–H groups in total. The van der Waals surface area contributed by atoms with Crippen molar-refractivity contribution in [2.75, 3.05) is 0 Å². The van der Waals surface area contributed by atoms with Crippen LogP contribution in [0.4, 0.5) is 0 Å². The molecule has 0 aromatic rings. The number of hydrazine groups is 1. The first kappa shape index (κ1) is 7.21. The van der Waals surface area contributed by atoms with Gasteiger partial charge in [-0.05, 0) is 33.8 Å². The van der Waals surface area contributed by atoms with Crippen molar-refractivity contribution in [3.8, 4) is 0 Å². The first-order chi connectivity index (χ1) is 5.40. The van der Waals surface area contributed by atoms with E-state index in [2.05, 4.69) is 10.4 Å². The molecule has 0 bridgehead atoms. The van der Waals surface area contributed by atoms with Gasteiger partial charge in [0.05, 0.1) is 0 Å². The zero-order chi connectivity index (χ0) is 7.68. The van der Waals surface area contributed by atoms with Crippen LogP contribution in [0.5, 0.6) is 0 Å². The lowest BCUT2D eigenvalue weighted by molar-refractivity contribution is 0.437. The van der Waals surface area contributed by atoms with Crippen molar-refractivity contribution in [3.05, 3.63) is 24.4 Å². The van der Waals surface area contributed by atoms with E-state index in [0.717, 1.165) is 16.8 Å². The molecule has 0 radical (unpaired) electrons. The number of fused-ring (bicyclic) bond motifs is 1. The number of hydrogen-bond acceptors (Lipinski definition) is 4. The maximum Gasteiger partial charge on any atom is 0.180 e. The second-order valence-electron chi connectivity index (χ2n) is 2.13. The van der Waals surface area contributed by atoms with E-state index in [1.165, 1.54) is 0 Å². The van der Waals surface area contributed by atoms with Crippen LogP contribution in [0.2, 0.25) is 0 Å². The minimum Gasteiger partial charge on any atom is -0.265 e. The molecular formula is C6H6ClN3S. The molecule has 1 unspecified atom stereocenters. The Hall–Kier alpha value is -0.450. The summed E-state index contributed by atoms with van der Waals surface area (Å²) in [5, 5.41) is 1.85. The first-order valence-corrected chi connectivity index (χ1v) is 4.86. The van der Waals surface area contributed by atoms with Crippen molar-refractivity contribution in [3.63, 3.8) is 0 Å².